The number of carbonyl (C=O) groups excluding carboxylic acids is 1. The maximum Gasteiger partial charge on any atom is 0.319 e. The Balaban J connectivity index is 1.47. The summed E-state index contributed by atoms with van der Waals surface area (Å²) < 4.78 is 0. The molecule has 1 aliphatic rings. The van der Waals surface area contributed by atoms with Crippen molar-refractivity contribution in [2.45, 2.75) is 45.6 Å². The van der Waals surface area contributed by atoms with Crippen molar-refractivity contribution in [3.63, 3.8) is 0 Å². The van der Waals surface area contributed by atoms with Crippen LogP contribution in [0.1, 0.15) is 36.8 Å². The molecule has 0 bridgehead atoms. The summed E-state index contributed by atoms with van der Waals surface area (Å²) in [6.07, 6.45) is 3.60. The first-order chi connectivity index (χ1) is 17.2. The van der Waals surface area contributed by atoms with E-state index >= 15 is 0 Å². The van der Waals surface area contributed by atoms with Crippen LogP contribution in [0.5, 0.6) is 0 Å². The van der Waals surface area contributed by atoms with Crippen molar-refractivity contribution < 1.29 is 9.72 Å². The Morgan fingerprint density at radius 1 is 1.14 bits per heavy atom. The van der Waals surface area contributed by atoms with E-state index in [1.165, 1.54) is 11.0 Å². The summed E-state index contributed by atoms with van der Waals surface area (Å²) in [5, 5.41) is 16.4. The Hall–Kier alpha value is -3.88. The van der Waals surface area contributed by atoms with Crippen molar-refractivity contribution in [2.24, 2.45) is 11.7 Å². The number of nitrogens with two attached hydrogens (primary N) is 1. The molecule has 2 amide bonds. The standard InChI is InChI=1S/C27H34N6O3/c1-17-9-14-23(33(35)36)26(18(17)2)32(27(28)34)16-19-10-12-20(13-11-19)29-25-15-24(31(3)4)21-7-5-6-8-22(21)30-25/h5-9,14-15,19-20H,10-13,16H2,1-4H3,(H2,28,34)(H,29,30)/t19-,20+. The minimum atomic E-state index is -0.663. The van der Waals surface area contributed by atoms with Crippen molar-refractivity contribution in [1.29, 1.82) is 0 Å². The topological polar surface area (TPSA) is 118 Å². The SMILES string of the molecule is Cc1ccc([N+](=O)[O-])c(N(C[C@H]2CC[C@@H](Nc3cc(N(C)C)c4ccccc4n3)CC2)C(N)=O)c1C. The van der Waals surface area contributed by atoms with Gasteiger partial charge in [-0.3, -0.25) is 15.0 Å². The molecule has 190 valence electrons. The van der Waals surface area contributed by atoms with Gasteiger partial charge in [-0.25, -0.2) is 9.78 Å². The molecule has 0 spiro atoms. The smallest absolute Gasteiger partial charge is 0.319 e. The van der Waals surface area contributed by atoms with E-state index in [4.69, 9.17) is 10.7 Å². The van der Waals surface area contributed by atoms with Crippen molar-refractivity contribution in [3.05, 3.63) is 63.7 Å². The number of para-hydroxylation sites is 1. The summed E-state index contributed by atoms with van der Waals surface area (Å²) in [5.41, 5.74) is 9.60. The van der Waals surface area contributed by atoms with Gasteiger partial charge in [-0.15, -0.1) is 0 Å². The van der Waals surface area contributed by atoms with Crippen LogP contribution in [-0.4, -0.2) is 42.6 Å². The van der Waals surface area contributed by atoms with Gasteiger partial charge in [0.15, 0.2) is 0 Å². The third-order valence-corrected chi connectivity index (χ3v) is 7.23. The number of rotatable bonds is 7. The minimum absolute atomic E-state index is 0.0914. The van der Waals surface area contributed by atoms with E-state index in [1.807, 2.05) is 39.2 Å². The summed E-state index contributed by atoms with van der Waals surface area (Å²) in [7, 11) is 4.06. The van der Waals surface area contributed by atoms with Gasteiger partial charge >= 0.3 is 6.03 Å². The Kier molecular flexibility index (Phi) is 7.28. The van der Waals surface area contributed by atoms with Crippen molar-refractivity contribution >= 4 is 39.8 Å². The highest BCUT2D eigenvalue weighted by atomic mass is 16.6. The molecule has 4 rings (SSSR count). The second-order valence-corrected chi connectivity index (χ2v) is 9.88. The van der Waals surface area contributed by atoms with Crippen molar-refractivity contribution in [3.8, 4) is 0 Å². The average Bonchev–Trinajstić information content (AvgIpc) is 2.84. The number of fused-ring (bicyclic) bond motifs is 1. The first-order valence-electron chi connectivity index (χ1n) is 12.3. The molecular weight excluding hydrogens is 456 g/mol. The lowest BCUT2D eigenvalue weighted by Gasteiger charge is -2.33. The van der Waals surface area contributed by atoms with Crippen LogP contribution in [-0.2, 0) is 0 Å². The highest BCUT2D eigenvalue weighted by Crippen LogP contribution is 2.36. The van der Waals surface area contributed by atoms with Crippen LogP contribution >= 0.6 is 0 Å². The Bertz CT molecular complexity index is 1280. The Morgan fingerprint density at radius 3 is 2.47 bits per heavy atom. The fourth-order valence-electron chi connectivity index (χ4n) is 5.12. The number of aryl methyl sites for hydroxylation is 1. The number of aromatic nitrogens is 1. The number of anilines is 3. The van der Waals surface area contributed by atoms with E-state index in [-0.39, 0.29) is 17.6 Å². The molecule has 36 heavy (non-hydrogen) atoms. The van der Waals surface area contributed by atoms with Crippen LogP contribution in [0.2, 0.25) is 0 Å². The van der Waals surface area contributed by atoms with Gasteiger partial charge in [-0.2, -0.15) is 0 Å². The summed E-state index contributed by atoms with van der Waals surface area (Å²) in [4.78, 5) is 31.9. The van der Waals surface area contributed by atoms with Crippen molar-refractivity contribution in [1.82, 2.24) is 4.98 Å². The number of urea groups is 1. The number of nitro groups is 1. The van der Waals surface area contributed by atoms with E-state index in [9.17, 15) is 14.9 Å². The highest BCUT2D eigenvalue weighted by molar-refractivity contribution is 5.95. The normalized spacial score (nSPS) is 17.6. The van der Waals surface area contributed by atoms with Gasteiger partial charge in [0.1, 0.15) is 11.5 Å². The van der Waals surface area contributed by atoms with Gasteiger partial charge in [-0.1, -0.05) is 24.3 Å². The molecule has 2 aromatic carbocycles. The fraction of sp³-hybridized carbons (Fsp3) is 0.407. The third-order valence-electron chi connectivity index (χ3n) is 7.23. The number of primary amides is 1. The van der Waals surface area contributed by atoms with E-state index in [0.29, 0.717) is 17.8 Å². The molecule has 0 saturated heterocycles. The van der Waals surface area contributed by atoms with Gasteiger partial charge in [0.2, 0.25) is 0 Å². The van der Waals surface area contributed by atoms with Crippen LogP contribution in [0.3, 0.4) is 0 Å². The number of nitrogens with one attached hydrogen (secondary N) is 1. The molecule has 0 unspecified atom stereocenters. The molecule has 1 aliphatic carbocycles. The summed E-state index contributed by atoms with van der Waals surface area (Å²) in [6.45, 7) is 4.04. The van der Waals surface area contributed by atoms with Crippen LogP contribution in [0.25, 0.3) is 10.9 Å². The Morgan fingerprint density at radius 2 is 1.83 bits per heavy atom. The summed E-state index contributed by atoms with van der Waals surface area (Å²) in [5.74, 6) is 1.06. The van der Waals surface area contributed by atoms with Gasteiger partial charge in [0, 0.05) is 49.9 Å². The van der Waals surface area contributed by atoms with Crippen molar-refractivity contribution in [2.75, 3.05) is 35.8 Å². The lowest BCUT2D eigenvalue weighted by atomic mass is 9.85. The first-order valence-corrected chi connectivity index (χ1v) is 12.3. The number of nitrogens with zero attached hydrogens (tertiary/aromatic N) is 4. The third kappa shape index (κ3) is 5.19. The number of hydrogen-bond donors (Lipinski definition) is 2. The zero-order valence-corrected chi connectivity index (χ0v) is 21.3. The number of benzene rings is 2. The number of nitro benzene ring substituents is 1. The molecule has 0 radical (unpaired) electrons. The van der Waals surface area contributed by atoms with Crippen LogP contribution in [0, 0.1) is 29.9 Å². The number of hydrogen-bond acceptors (Lipinski definition) is 6. The molecule has 9 nitrogen and oxygen atoms in total. The number of pyridine rings is 1. The van der Waals surface area contributed by atoms with E-state index < -0.39 is 11.0 Å². The molecule has 0 atom stereocenters. The zero-order chi connectivity index (χ0) is 26.0. The molecule has 1 saturated carbocycles. The van der Waals surface area contributed by atoms with Crippen LogP contribution < -0.4 is 20.9 Å². The lowest BCUT2D eigenvalue weighted by Crippen LogP contribution is -2.41. The van der Waals surface area contributed by atoms with E-state index in [2.05, 4.69) is 22.3 Å². The second-order valence-electron chi connectivity index (χ2n) is 9.88. The zero-order valence-electron chi connectivity index (χ0n) is 21.3. The van der Waals surface area contributed by atoms with E-state index in [0.717, 1.165) is 53.7 Å². The monoisotopic (exact) mass is 490 g/mol. The molecule has 1 heterocycles. The molecule has 9 heteroatoms. The summed E-state index contributed by atoms with van der Waals surface area (Å²) >= 11 is 0. The minimum Gasteiger partial charge on any atom is -0.377 e. The molecular formula is C27H34N6O3. The second kappa shape index (κ2) is 10.4. The quantitative estimate of drug-likeness (QED) is 0.339. The average molecular weight is 491 g/mol. The maximum atomic E-state index is 12.4. The van der Waals surface area contributed by atoms with Crippen LogP contribution in [0.15, 0.2) is 42.5 Å². The summed E-state index contributed by atoms with van der Waals surface area (Å²) in [6, 6.07) is 13.0. The predicted molar refractivity (Wildman–Crippen MR) is 145 cm³/mol. The Labute approximate surface area is 211 Å². The lowest BCUT2D eigenvalue weighted by molar-refractivity contribution is -0.384. The highest BCUT2D eigenvalue weighted by Gasteiger charge is 2.30. The van der Waals surface area contributed by atoms with Crippen LogP contribution in [0.4, 0.5) is 27.7 Å². The predicted octanol–water partition coefficient (Wildman–Crippen LogP) is 5.38. The van der Waals surface area contributed by atoms with Gasteiger partial charge in [0.05, 0.1) is 10.4 Å². The fourth-order valence-corrected chi connectivity index (χ4v) is 5.12. The maximum absolute atomic E-state index is 12.4. The first kappa shape index (κ1) is 25.2. The largest absolute Gasteiger partial charge is 0.377 e. The molecule has 0 aliphatic heterocycles. The number of amides is 2. The van der Waals surface area contributed by atoms with Gasteiger partial charge in [0.25, 0.3) is 5.69 Å². The van der Waals surface area contributed by atoms with E-state index in [1.54, 1.807) is 13.0 Å². The van der Waals surface area contributed by atoms with Gasteiger partial charge < -0.3 is 16.0 Å². The number of carbonyl (C=O) groups is 1. The molecule has 3 aromatic rings. The van der Waals surface area contributed by atoms with Gasteiger partial charge in [-0.05, 0) is 62.6 Å². The molecule has 1 aromatic heterocycles. The molecule has 1 fully saturated rings. The molecule has 3 N–H and O–H groups in total.